The van der Waals surface area contributed by atoms with Crippen LogP contribution in [0.15, 0.2) is 48.5 Å². The number of aryl methyl sites for hydroxylation is 2. The van der Waals surface area contributed by atoms with E-state index in [1.165, 1.54) is 5.56 Å². The molecule has 6 heteroatoms. The molecule has 3 aromatic rings. The molecule has 0 aliphatic carbocycles. The van der Waals surface area contributed by atoms with Crippen molar-refractivity contribution in [2.24, 2.45) is 0 Å². The van der Waals surface area contributed by atoms with Crippen LogP contribution in [0.3, 0.4) is 0 Å². The number of amides is 1. The predicted molar refractivity (Wildman–Crippen MR) is 109 cm³/mol. The molecule has 0 saturated carbocycles. The number of nitrogens with one attached hydrogen (secondary N) is 1. The van der Waals surface area contributed by atoms with Crippen molar-refractivity contribution in [3.63, 3.8) is 0 Å². The van der Waals surface area contributed by atoms with Crippen molar-refractivity contribution in [1.82, 2.24) is 9.78 Å². The molecule has 2 aromatic carbocycles. The third-order valence-electron chi connectivity index (χ3n) is 5.14. The van der Waals surface area contributed by atoms with Gasteiger partial charge in [-0.05, 0) is 55.3 Å². The average Bonchev–Trinajstić information content (AvgIpc) is 3.03. The molecule has 0 spiro atoms. The summed E-state index contributed by atoms with van der Waals surface area (Å²) in [5.41, 5.74) is 4.12. The fourth-order valence-corrected chi connectivity index (χ4v) is 3.77. The SMILES string of the molecule is CCc1ccc(-n2nc(C)c3c2NC(=O)CC3C(=O)c2ccc(Cl)cc2)cc1. The zero-order chi connectivity index (χ0) is 19.8. The third kappa shape index (κ3) is 3.22. The van der Waals surface area contributed by atoms with Crippen molar-refractivity contribution >= 4 is 29.1 Å². The number of carbonyl (C=O) groups excluding carboxylic acids is 2. The van der Waals surface area contributed by atoms with Crippen LogP contribution >= 0.6 is 11.6 Å². The number of Topliss-reactive ketones (excluding diaryl/α,β-unsaturated/α-hetero) is 1. The van der Waals surface area contributed by atoms with Gasteiger partial charge in [0.1, 0.15) is 5.82 Å². The zero-order valence-corrected chi connectivity index (χ0v) is 16.5. The van der Waals surface area contributed by atoms with E-state index in [-0.39, 0.29) is 18.1 Å². The first-order chi connectivity index (χ1) is 13.5. The van der Waals surface area contributed by atoms with Gasteiger partial charge in [-0.25, -0.2) is 4.68 Å². The Morgan fingerprint density at radius 1 is 1.18 bits per heavy atom. The Bertz CT molecular complexity index is 1050. The Morgan fingerprint density at radius 3 is 2.50 bits per heavy atom. The fraction of sp³-hybridized carbons (Fsp3) is 0.227. The number of nitrogens with zero attached hydrogens (tertiary/aromatic N) is 2. The van der Waals surface area contributed by atoms with E-state index in [0.29, 0.717) is 16.4 Å². The lowest BCUT2D eigenvalue weighted by molar-refractivity contribution is -0.116. The predicted octanol–water partition coefficient (Wildman–Crippen LogP) is 4.71. The number of hydrogen-bond acceptors (Lipinski definition) is 3. The minimum absolute atomic E-state index is 0.100. The van der Waals surface area contributed by atoms with Crippen molar-refractivity contribution in [3.05, 3.63) is 75.9 Å². The zero-order valence-electron chi connectivity index (χ0n) is 15.7. The molecule has 1 atom stereocenters. The Kier molecular flexibility index (Phi) is 4.77. The van der Waals surface area contributed by atoms with Crippen LogP contribution in [0.1, 0.15) is 46.4 Å². The van der Waals surface area contributed by atoms with E-state index in [1.807, 2.05) is 31.2 Å². The standard InChI is InChI=1S/C22H20ClN3O2/c1-3-14-4-10-17(11-5-14)26-22-20(13(2)25-26)18(12-19(27)24-22)21(28)15-6-8-16(23)9-7-15/h4-11,18H,3,12H2,1-2H3,(H,24,27). The van der Waals surface area contributed by atoms with Gasteiger partial charge in [0.05, 0.1) is 17.3 Å². The second-order valence-corrected chi connectivity index (χ2v) is 7.39. The maximum absolute atomic E-state index is 13.1. The Balaban J connectivity index is 1.78. The summed E-state index contributed by atoms with van der Waals surface area (Å²) in [5, 5.41) is 8.10. The average molecular weight is 394 g/mol. The number of aromatic nitrogens is 2. The van der Waals surface area contributed by atoms with Gasteiger partial charge < -0.3 is 5.32 Å². The molecule has 2 heterocycles. The van der Waals surface area contributed by atoms with Gasteiger partial charge in [0.25, 0.3) is 0 Å². The van der Waals surface area contributed by atoms with Crippen LogP contribution in [0.25, 0.3) is 5.69 Å². The molecule has 142 valence electrons. The minimum atomic E-state index is -0.561. The molecule has 4 rings (SSSR count). The number of ketones is 1. The lowest BCUT2D eigenvalue weighted by atomic mass is 9.85. The van der Waals surface area contributed by atoms with Crippen LogP contribution in [-0.2, 0) is 11.2 Å². The number of rotatable bonds is 4. The van der Waals surface area contributed by atoms with Gasteiger partial charge in [-0.1, -0.05) is 30.7 Å². The molecule has 1 aliphatic heterocycles. The number of halogens is 1. The summed E-state index contributed by atoms with van der Waals surface area (Å²) >= 11 is 5.94. The molecule has 0 saturated heterocycles. The van der Waals surface area contributed by atoms with Crippen molar-refractivity contribution in [3.8, 4) is 5.69 Å². The molecule has 0 radical (unpaired) electrons. The quantitative estimate of drug-likeness (QED) is 0.653. The Hall–Kier alpha value is -2.92. The topological polar surface area (TPSA) is 64.0 Å². The molecule has 1 N–H and O–H groups in total. The van der Waals surface area contributed by atoms with E-state index in [1.54, 1.807) is 28.9 Å². The summed E-state index contributed by atoms with van der Waals surface area (Å²) in [5.74, 6) is -0.276. The molecule has 5 nitrogen and oxygen atoms in total. The smallest absolute Gasteiger partial charge is 0.226 e. The van der Waals surface area contributed by atoms with Crippen molar-refractivity contribution < 1.29 is 9.59 Å². The number of hydrogen-bond donors (Lipinski definition) is 1. The monoisotopic (exact) mass is 393 g/mol. The normalized spacial score (nSPS) is 15.8. The number of benzene rings is 2. The van der Waals surface area contributed by atoms with Gasteiger partial charge in [0.2, 0.25) is 5.91 Å². The van der Waals surface area contributed by atoms with E-state index >= 15 is 0 Å². The van der Waals surface area contributed by atoms with Crippen LogP contribution in [0, 0.1) is 6.92 Å². The highest BCUT2D eigenvalue weighted by atomic mass is 35.5. The van der Waals surface area contributed by atoms with Gasteiger partial charge in [-0.15, -0.1) is 0 Å². The van der Waals surface area contributed by atoms with Gasteiger partial charge >= 0.3 is 0 Å². The van der Waals surface area contributed by atoms with E-state index in [2.05, 4.69) is 17.3 Å². The largest absolute Gasteiger partial charge is 0.310 e. The maximum atomic E-state index is 13.1. The van der Waals surface area contributed by atoms with E-state index < -0.39 is 5.92 Å². The summed E-state index contributed by atoms with van der Waals surface area (Å²) in [7, 11) is 0. The van der Waals surface area contributed by atoms with Gasteiger partial charge in [-0.2, -0.15) is 5.10 Å². The van der Waals surface area contributed by atoms with Crippen LogP contribution in [0.4, 0.5) is 5.82 Å². The van der Waals surface area contributed by atoms with Crippen LogP contribution in [-0.4, -0.2) is 21.5 Å². The van der Waals surface area contributed by atoms with Crippen LogP contribution < -0.4 is 5.32 Å². The second-order valence-electron chi connectivity index (χ2n) is 6.96. The minimum Gasteiger partial charge on any atom is -0.310 e. The molecular formula is C22H20ClN3O2. The van der Waals surface area contributed by atoms with Crippen LogP contribution in [0.2, 0.25) is 5.02 Å². The molecular weight excluding hydrogens is 374 g/mol. The summed E-state index contributed by atoms with van der Waals surface area (Å²) in [6.07, 6.45) is 1.06. The lowest BCUT2D eigenvalue weighted by Gasteiger charge is -2.23. The molecule has 0 bridgehead atoms. The van der Waals surface area contributed by atoms with Gasteiger partial charge in [0, 0.05) is 22.6 Å². The summed E-state index contributed by atoms with van der Waals surface area (Å²) in [4.78, 5) is 25.5. The first-order valence-corrected chi connectivity index (χ1v) is 9.64. The maximum Gasteiger partial charge on any atom is 0.226 e. The molecule has 1 unspecified atom stereocenters. The molecule has 1 aliphatic rings. The van der Waals surface area contributed by atoms with E-state index in [4.69, 9.17) is 11.6 Å². The van der Waals surface area contributed by atoms with Gasteiger partial charge in [-0.3, -0.25) is 9.59 Å². The third-order valence-corrected chi connectivity index (χ3v) is 5.39. The highest BCUT2D eigenvalue weighted by Crippen LogP contribution is 2.38. The van der Waals surface area contributed by atoms with Gasteiger partial charge in [0.15, 0.2) is 5.78 Å². The summed E-state index contributed by atoms with van der Waals surface area (Å²) in [6.45, 7) is 3.97. The van der Waals surface area contributed by atoms with Crippen molar-refractivity contribution in [1.29, 1.82) is 0 Å². The van der Waals surface area contributed by atoms with E-state index in [0.717, 1.165) is 23.4 Å². The Morgan fingerprint density at radius 2 is 1.86 bits per heavy atom. The highest BCUT2D eigenvalue weighted by molar-refractivity contribution is 6.30. The first-order valence-electron chi connectivity index (χ1n) is 9.26. The number of fused-ring (bicyclic) bond motifs is 1. The number of anilines is 1. The summed E-state index contributed by atoms with van der Waals surface area (Å²) in [6, 6.07) is 14.8. The Labute approximate surface area is 168 Å². The molecule has 0 fully saturated rings. The first kappa shape index (κ1) is 18.4. The molecule has 1 amide bonds. The number of carbonyl (C=O) groups is 2. The summed E-state index contributed by atoms with van der Waals surface area (Å²) < 4.78 is 1.71. The van der Waals surface area contributed by atoms with E-state index in [9.17, 15) is 9.59 Å². The lowest BCUT2D eigenvalue weighted by Crippen LogP contribution is -2.28. The van der Waals surface area contributed by atoms with Crippen LogP contribution in [0.5, 0.6) is 0 Å². The fourth-order valence-electron chi connectivity index (χ4n) is 3.65. The van der Waals surface area contributed by atoms with Crippen molar-refractivity contribution in [2.75, 3.05) is 5.32 Å². The molecule has 1 aromatic heterocycles. The molecule has 28 heavy (non-hydrogen) atoms. The highest BCUT2D eigenvalue weighted by Gasteiger charge is 2.36. The van der Waals surface area contributed by atoms with Crippen molar-refractivity contribution in [2.45, 2.75) is 32.6 Å². The second kappa shape index (κ2) is 7.24.